The van der Waals surface area contributed by atoms with Gasteiger partial charge < -0.3 is 14.8 Å². The summed E-state index contributed by atoms with van der Waals surface area (Å²) in [5.74, 6) is 1.82. The highest BCUT2D eigenvalue weighted by molar-refractivity contribution is 5.91. The Labute approximate surface area is 179 Å². The van der Waals surface area contributed by atoms with Gasteiger partial charge in [0.25, 0.3) is 0 Å². The monoisotopic (exact) mass is 414 g/mol. The molecule has 8 nitrogen and oxygen atoms in total. The van der Waals surface area contributed by atoms with Crippen LogP contribution >= 0.6 is 0 Å². The maximum absolute atomic E-state index is 9.37. The number of rotatable bonds is 5. The van der Waals surface area contributed by atoms with Gasteiger partial charge in [0.15, 0.2) is 0 Å². The number of anilines is 1. The first-order chi connectivity index (χ1) is 15.1. The van der Waals surface area contributed by atoms with Crippen molar-refractivity contribution >= 4 is 22.5 Å². The van der Waals surface area contributed by atoms with Gasteiger partial charge in [0.05, 0.1) is 42.6 Å². The molecule has 0 unspecified atom stereocenters. The fraction of sp³-hybridized carbons (Fsp3) is 0.304. The van der Waals surface area contributed by atoms with E-state index >= 15 is 0 Å². The molecule has 0 bridgehead atoms. The molecule has 4 heterocycles. The molecule has 1 aromatic carbocycles. The molecule has 1 fully saturated rings. The number of hydrogen-bond donors (Lipinski definition) is 1. The number of hydrogen-bond acceptors (Lipinski definition) is 7. The molecule has 1 aliphatic heterocycles. The van der Waals surface area contributed by atoms with Gasteiger partial charge in [-0.05, 0) is 31.0 Å². The van der Waals surface area contributed by atoms with Gasteiger partial charge in [-0.3, -0.25) is 4.40 Å². The third-order valence-corrected chi connectivity index (χ3v) is 5.70. The summed E-state index contributed by atoms with van der Waals surface area (Å²) in [5, 5.41) is 13.8. The van der Waals surface area contributed by atoms with Gasteiger partial charge in [0.1, 0.15) is 11.9 Å². The molecule has 3 aromatic heterocycles. The minimum absolute atomic E-state index is 0.0154. The van der Waals surface area contributed by atoms with E-state index < -0.39 is 0 Å². The zero-order chi connectivity index (χ0) is 21.4. The first kappa shape index (κ1) is 19.3. The van der Waals surface area contributed by atoms with Crippen molar-refractivity contribution in [3.8, 4) is 11.9 Å². The van der Waals surface area contributed by atoms with E-state index in [-0.39, 0.29) is 12.1 Å². The summed E-state index contributed by atoms with van der Waals surface area (Å²) < 4.78 is 13.3. The number of aromatic nitrogens is 4. The van der Waals surface area contributed by atoms with Crippen LogP contribution in [0.15, 0.2) is 42.9 Å². The van der Waals surface area contributed by atoms with Gasteiger partial charge in [-0.15, -0.1) is 0 Å². The van der Waals surface area contributed by atoms with Crippen molar-refractivity contribution in [1.82, 2.24) is 19.4 Å². The lowest BCUT2D eigenvalue weighted by molar-refractivity contribution is 0.138. The van der Waals surface area contributed by atoms with E-state index in [2.05, 4.69) is 28.3 Å². The standard InChI is InChI=1S/C23H22N6O2/c1-14-16(11-24)4-3-5-18(14)15(2)27-22-19-10-21(31-17-6-9-30-13-17)26-12-20(19)29-8-7-25-23(29)28-22/h3-5,7-8,10,12,15,17H,6,9,13H2,1-2H3,(H,25,27,28)/t15-,17-/m1/s1. The van der Waals surface area contributed by atoms with Crippen LogP contribution in [0.3, 0.4) is 0 Å². The van der Waals surface area contributed by atoms with Gasteiger partial charge in [0, 0.05) is 30.3 Å². The molecule has 156 valence electrons. The van der Waals surface area contributed by atoms with Crippen molar-refractivity contribution in [2.24, 2.45) is 0 Å². The summed E-state index contributed by atoms with van der Waals surface area (Å²) >= 11 is 0. The second kappa shape index (κ2) is 7.85. The fourth-order valence-electron chi connectivity index (χ4n) is 4.01. The third kappa shape index (κ3) is 3.53. The molecule has 2 atom stereocenters. The van der Waals surface area contributed by atoms with Crippen molar-refractivity contribution in [3.05, 3.63) is 59.5 Å². The summed E-state index contributed by atoms with van der Waals surface area (Å²) in [6.07, 6.45) is 6.24. The average molecular weight is 414 g/mol. The summed E-state index contributed by atoms with van der Waals surface area (Å²) in [6, 6.07) is 9.86. The molecular weight excluding hydrogens is 392 g/mol. The topological polar surface area (TPSA) is 97.4 Å². The molecule has 1 N–H and O–H groups in total. The zero-order valence-electron chi connectivity index (χ0n) is 17.4. The Hall–Kier alpha value is -3.70. The Morgan fingerprint density at radius 2 is 2.26 bits per heavy atom. The molecule has 5 rings (SSSR count). The molecule has 0 spiro atoms. The van der Waals surface area contributed by atoms with E-state index in [1.54, 1.807) is 12.4 Å². The highest BCUT2D eigenvalue weighted by Gasteiger charge is 2.20. The van der Waals surface area contributed by atoms with Crippen LogP contribution in [0, 0.1) is 18.3 Å². The van der Waals surface area contributed by atoms with Crippen molar-refractivity contribution < 1.29 is 9.47 Å². The molecule has 0 amide bonds. The van der Waals surface area contributed by atoms with E-state index in [1.807, 2.05) is 41.8 Å². The third-order valence-electron chi connectivity index (χ3n) is 5.70. The SMILES string of the molecule is Cc1c(C#N)cccc1[C@@H](C)Nc1nc2nccn2c2cnc(O[C@@H]3CCOC3)cc12. The fourth-order valence-corrected chi connectivity index (χ4v) is 4.01. The lowest BCUT2D eigenvalue weighted by Crippen LogP contribution is -2.16. The molecule has 0 aliphatic carbocycles. The Balaban J connectivity index is 1.56. The number of nitriles is 1. The van der Waals surface area contributed by atoms with E-state index in [9.17, 15) is 5.26 Å². The molecule has 4 aromatic rings. The summed E-state index contributed by atoms with van der Waals surface area (Å²) in [7, 11) is 0. The highest BCUT2D eigenvalue weighted by Crippen LogP contribution is 2.30. The second-order valence-electron chi connectivity index (χ2n) is 7.70. The van der Waals surface area contributed by atoms with Crippen molar-refractivity contribution in [1.29, 1.82) is 5.26 Å². The maximum atomic E-state index is 9.37. The summed E-state index contributed by atoms with van der Waals surface area (Å²) in [4.78, 5) is 13.6. The minimum atomic E-state index is -0.0674. The average Bonchev–Trinajstić information content (AvgIpc) is 3.46. The van der Waals surface area contributed by atoms with E-state index in [0.29, 0.717) is 36.3 Å². The van der Waals surface area contributed by atoms with Crippen LogP contribution in [0.1, 0.15) is 36.1 Å². The van der Waals surface area contributed by atoms with Crippen LogP contribution < -0.4 is 10.1 Å². The molecular formula is C23H22N6O2. The number of benzene rings is 1. The number of pyridine rings is 1. The molecule has 0 saturated carbocycles. The Bertz CT molecular complexity index is 1300. The van der Waals surface area contributed by atoms with Crippen molar-refractivity contribution in [2.75, 3.05) is 18.5 Å². The van der Waals surface area contributed by atoms with Gasteiger partial charge in [-0.1, -0.05) is 12.1 Å². The molecule has 8 heteroatoms. The van der Waals surface area contributed by atoms with Crippen LogP contribution in [0.25, 0.3) is 16.7 Å². The zero-order valence-corrected chi connectivity index (χ0v) is 17.4. The van der Waals surface area contributed by atoms with Gasteiger partial charge in [-0.2, -0.15) is 10.2 Å². The quantitative estimate of drug-likeness (QED) is 0.530. The minimum Gasteiger partial charge on any atom is -0.472 e. The lowest BCUT2D eigenvalue weighted by atomic mass is 9.98. The second-order valence-corrected chi connectivity index (χ2v) is 7.70. The predicted molar refractivity (Wildman–Crippen MR) is 116 cm³/mol. The molecule has 0 radical (unpaired) electrons. The van der Waals surface area contributed by atoms with Crippen LogP contribution in [0.4, 0.5) is 5.82 Å². The van der Waals surface area contributed by atoms with Crippen molar-refractivity contribution in [3.63, 3.8) is 0 Å². The van der Waals surface area contributed by atoms with E-state index in [4.69, 9.17) is 14.5 Å². The van der Waals surface area contributed by atoms with E-state index in [0.717, 1.165) is 28.5 Å². The first-order valence-electron chi connectivity index (χ1n) is 10.3. The number of nitrogens with one attached hydrogen (secondary N) is 1. The number of fused-ring (bicyclic) bond motifs is 3. The maximum Gasteiger partial charge on any atom is 0.236 e. The Morgan fingerprint density at radius 1 is 1.35 bits per heavy atom. The van der Waals surface area contributed by atoms with Gasteiger partial charge >= 0.3 is 0 Å². The summed E-state index contributed by atoms with van der Waals surface area (Å²) in [5.41, 5.74) is 3.56. The van der Waals surface area contributed by atoms with Crippen LogP contribution in [-0.4, -0.2) is 38.7 Å². The summed E-state index contributed by atoms with van der Waals surface area (Å²) in [6.45, 7) is 5.31. The van der Waals surface area contributed by atoms with Gasteiger partial charge in [0.2, 0.25) is 11.7 Å². The van der Waals surface area contributed by atoms with E-state index in [1.165, 1.54) is 0 Å². The largest absolute Gasteiger partial charge is 0.472 e. The van der Waals surface area contributed by atoms with Crippen LogP contribution in [0.2, 0.25) is 0 Å². The van der Waals surface area contributed by atoms with Crippen LogP contribution in [0.5, 0.6) is 5.88 Å². The number of nitrogens with zero attached hydrogens (tertiary/aromatic N) is 5. The predicted octanol–water partition coefficient (Wildman–Crippen LogP) is 3.80. The number of imidazole rings is 1. The number of ether oxygens (including phenoxy) is 2. The van der Waals surface area contributed by atoms with Crippen LogP contribution in [-0.2, 0) is 4.74 Å². The molecule has 1 aliphatic rings. The smallest absolute Gasteiger partial charge is 0.236 e. The van der Waals surface area contributed by atoms with Crippen molar-refractivity contribution in [2.45, 2.75) is 32.4 Å². The Kier molecular flexibility index (Phi) is 4.88. The molecule has 1 saturated heterocycles. The van der Waals surface area contributed by atoms with Gasteiger partial charge in [-0.25, -0.2) is 9.97 Å². The first-order valence-corrected chi connectivity index (χ1v) is 10.3. The molecule has 31 heavy (non-hydrogen) atoms. The highest BCUT2D eigenvalue weighted by atomic mass is 16.5. The Morgan fingerprint density at radius 3 is 3.06 bits per heavy atom. The normalized spacial score (nSPS) is 17.0. The lowest BCUT2D eigenvalue weighted by Gasteiger charge is -2.19.